The standard InChI is InChI=1S/C19H33N3O3S/c1-6-21(11-15(2)3)13-17-10-20-19(22(17)12-16(4)5)26(23,24)14-18-8-7-9-25-18/h10,16,18H,2,6-9,11-14H2,1,3-5H3. The first-order chi connectivity index (χ1) is 12.2. The van der Waals surface area contributed by atoms with Gasteiger partial charge in [-0.1, -0.05) is 32.9 Å². The molecule has 0 aromatic carbocycles. The minimum Gasteiger partial charge on any atom is -0.377 e. The summed E-state index contributed by atoms with van der Waals surface area (Å²) >= 11 is 0. The smallest absolute Gasteiger partial charge is 0.227 e. The molecule has 0 saturated carbocycles. The molecule has 1 unspecified atom stereocenters. The molecule has 0 spiro atoms. The molecule has 1 fully saturated rings. The largest absolute Gasteiger partial charge is 0.377 e. The summed E-state index contributed by atoms with van der Waals surface area (Å²) < 4.78 is 33.3. The summed E-state index contributed by atoms with van der Waals surface area (Å²) in [5.41, 5.74) is 2.03. The Morgan fingerprint density at radius 2 is 2.23 bits per heavy atom. The third-order valence-electron chi connectivity index (χ3n) is 4.48. The Balaban J connectivity index is 2.28. The zero-order valence-electron chi connectivity index (χ0n) is 16.6. The van der Waals surface area contributed by atoms with Gasteiger partial charge in [0.15, 0.2) is 0 Å². The van der Waals surface area contributed by atoms with Gasteiger partial charge in [-0.2, -0.15) is 0 Å². The highest BCUT2D eigenvalue weighted by atomic mass is 32.2. The lowest BCUT2D eigenvalue weighted by Crippen LogP contribution is -2.28. The van der Waals surface area contributed by atoms with E-state index in [9.17, 15) is 8.42 Å². The van der Waals surface area contributed by atoms with Crippen LogP contribution in [0.4, 0.5) is 0 Å². The number of rotatable bonds is 10. The lowest BCUT2D eigenvalue weighted by Gasteiger charge is -2.22. The molecule has 1 aromatic rings. The van der Waals surface area contributed by atoms with Crippen molar-refractivity contribution in [2.45, 2.75) is 64.9 Å². The van der Waals surface area contributed by atoms with Crippen LogP contribution in [0.5, 0.6) is 0 Å². The topological polar surface area (TPSA) is 64.4 Å². The van der Waals surface area contributed by atoms with Crippen LogP contribution in [0.2, 0.25) is 0 Å². The van der Waals surface area contributed by atoms with Crippen LogP contribution in [-0.4, -0.2) is 54.4 Å². The maximum atomic E-state index is 12.9. The molecule has 26 heavy (non-hydrogen) atoms. The summed E-state index contributed by atoms with van der Waals surface area (Å²) in [6, 6.07) is 0. The minimum atomic E-state index is -3.47. The van der Waals surface area contributed by atoms with E-state index in [2.05, 4.69) is 37.2 Å². The first-order valence-electron chi connectivity index (χ1n) is 9.48. The molecule has 1 aromatic heterocycles. The molecular formula is C19H33N3O3S. The van der Waals surface area contributed by atoms with Gasteiger partial charge in [-0.05, 0) is 32.2 Å². The summed E-state index contributed by atoms with van der Waals surface area (Å²) in [4.78, 5) is 6.56. The minimum absolute atomic E-state index is 0.0187. The predicted octanol–water partition coefficient (Wildman–Crippen LogP) is 2.89. The molecule has 1 aliphatic heterocycles. The summed E-state index contributed by atoms with van der Waals surface area (Å²) in [6.45, 7) is 15.9. The van der Waals surface area contributed by atoms with E-state index in [1.807, 2.05) is 11.5 Å². The van der Waals surface area contributed by atoms with E-state index in [4.69, 9.17) is 4.74 Å². The molecule has 6 nitrogen and oxygen atoms in total. The Hall–Kier alpha value is -1.18. The summed E-state index contributed by atoms with van der Waals surface area (Å²) in [6.07, 6.45) is 3.24. The molecule has 1 atom stereocenters. The van der Waals surface area contributed by atoms with E-state index in [0.29, 0.717) is 25.6 Å². The van der Waals surface area contributed by atoms with E-state index in [0.717, 1.165) is 37.2 Å². The van der Waals surface area contributed by atoms with Crippen LogP contribution in [0.25, 0.3) is 0 Å². The Morgan fingerprint density at radius 1 is 1.50 bits per heavy atom. The van der Waals surface area contributed by atoms with Crippen molar-refractivity contribution >= 4 is 9.84 Å². The molecule has 1 aliphatic rings. The molecule has 148 valence electrons. The first kappa shape index (κ1) is 21.1. The highest BCUT2D eigenvalue weighted by Crippen LogP contribution is 2.21. The Kier molecular flexibility index (Phi) is 7.43. The van der Waals surface area contributed by atoms with Gasteiger partial charge in [-0.15, -0.1) is 0 Å². The molecule has 2 rings (SSSR count). The average Bonchev–Trinajstić information content (AvgIpc) is 3.16. The SMILES string of the molecule is C=C(C)CN(CC)Cc1cnc(S(=O)(=O)CC2CCCO2)n1CC(C)C. The molecule has 0 bridgehead atoms. The van der Waals surface area contributed by atoms with Crippen LogP contribution in [0.3, 0.4) is 0 Å². The molecule has 0 N–H and O–H groups in total. The van der Waals surface area contributed by atoms with Crippen LogP contribution in [0.15, 0.2) is 23.5 Å². The van der Waals surface area contributed by atoms with Crippen molar-refractivity contribution in [3.63, 3.8) is 0 Å². The number of likely N-dealkylation sites (N-methyl/N-ethyl adjacent to an activating group) is 1. The van der Waals surface area contributed by atoms with Gasteiger partial charge in [0.25, 0.3) is 0 Å². The van der Waals surface area contributed by atoms with Crippen molar-refractivity contribution in [3.05, 3.63) is 24.0 Å². The molecule has 0 amide bonds. The number of hydrogen-bond acceptors (Lipinski definition) is 5. The van der Waals surface area contributed by atoms with Gasteiger partial charge in [-0.25, -0.2) is 13.4 Å². The van der Waals surface area contributed by atoms with Gasteiger partial charge < -0.3 is 9.30 Å². The van der Waals surface area contributed by atoms with Crippen LogP contribution >= 0.6 is 0 Å². The second-order valence-electron chi connectivity index (χ2n) is 7.71. The summed E-state index contributed by atoms with van der Waals surface area (Å²) in [5.74, 6) is 0.348. The molecule has 0 aliphatic carbocycles. The number of sulfone groups is 1. The fourth-order valence-corrected chi connectivity index (χ4v) is 4.95. The van der Waals surface area contributed by atoms with Crippen LogP contribution < -0.4 is 0 Å². The third-order valence-corrected chi connectivity index (χ3v) is 6.18. The third kappa shape index (κ3) is 5.66. The average molecular weight is 384 g/mol. The number of imidazole rings is 1. The van der Waals surface area contributed by atoms with E-state index in [-0.39, 0.29) is 17.0 Å². The molecular weight excluding hydrogens is 350 g/mol. The van der Waals surface area contributed by atoms with Gasteiger partial charge in [0, 0.05) is 26.2 Å². The second kappa shape index (κ2) is 9.15. The fourth-order valence-electron chi connectivity index (χ4n) is 3.31. The van der Waals surface area contributed by atoms with Crippen LogP contribution in [0.1, 0.15) is 46.2 Å². The summed E-state index contributed by atoms with van der Waals surface area (Å²) in [7, 11) is -3.47. The van der Waals surface area contributed by atoms with Crippen LogP contribution in [0, 0.1) is 5.92 Å². The maximum absolute atomic E-state index is 12.9. The van der Waals surface area contributed by atoms with Gasteiger partial charge >= 0.3 is 0 Å². The zero-order chi connectivity index (χ0) is 19.3. The van der Waals surface area contributed by atoms with Crippen molar-refractivity contribution in [2.24, 2.45) is 5.92 Å². The molecule has 1 saturated heterocycles. The maximum Gasteiger partial charge on any atom is 0.227 e. The van der Waals surface area contributed by atoms with Crippen LogP contribution in [-0.2, 0) is 27.7 Å². The van der Waals surface area contributed by atoms with E-state index in [1.54, 1.807) is 6.20 Å². The monoisotopic (exact) mass is 383 g/mol. The van der Waals surface area contributed by atoms with Crippen molar-refractivity contribution in [3.8, 4) is 0 Å². The predicted molar refractivity (Wildman–Crippen MR) is 104 cm³/mol. The van der Waals surface area contributed by atoms with E-state index in [1.165, 1.54) is 0 Å². The van der Waals surface area contributed by atoms with Crippen molar-refractivity contribution in [2.75, 3.05) is 25.4 Å². The highest BCUT2D eigenvalue weighted by molar-refractivity contribution is 7.91. The van der Waals surface area contributed by atoms with Crippen molar-refractivity contribution in [1.82, 2.24) is 14.5 Å². The molecule has 0 radical (unpaired) electrons. The Labute approximate surface area is 158 Å². The molecule has 7 heteroatoms. The molecule has 2 heterocycles. The Morgan fingerprint density at radius 3 is 2.77 bits per heavy atom. The number of nitrogens with zero attached hydrogens (tertiary/aromatic N) is 3. The normalized spacial score (nSPS) is 18.2. The van der Waals surface area contributed by atoms with E-state index >= 15 is 0 Å². The zero-order valence-corrected chi connectivity index (χ0v) is 17.4. The lowest BCUT2D eigenvalue weighted by atomic mass is 10.2. The first-order valence-corrected chi connectivity index (χ1v) is 11.1. The van der Waals surface area contributed by atoms with E-state index < -0.39 is 9.84 Å². The van der Waals surface area contributed by atoms with Gasteiger partial charge in [-0.3, -0.25) is 4.90 Å². The quantitative estimate of drug-likeness (QED) is 0.581. The van der Waals surface area contributed by atoms with Crippen molar-refractivity contribution in [1.29, 1.82) is 0 Å². The number of hydrogen-bond donors (Lipinski definition) is 0. The second-order valence-corrected chi connectivity index (χ2v) is 9.64. The fraction of sp³-hybridized carbons (Fsp3) is 0.737. The number of aromatic nitrogens is 2. The number of ether oxygens (including phenoxy) is 1. The van der Waals surface area contributed by atoms with Crippen molar-refractivity contribution < 1.29 is 13.2 Å². The Bertz CT molecular complexity index is 704. The summed E-state index contributed by atoms with van der Waals surface area (Å²) in [5, 5.41) is 0.183. The van der Waals surface area contributed by atoms with Gasteiger partial charge in [0.05, 0.1) is 23.7 Å². The van der Waals surface area contributed by atoms with Gasteiger partial charge in [0.1, 0.15) is 0 Å². The highest BCUT2D eigenvalue weighted by Gasteiger charge is 2.29. The lowest BCUT2D eigenvalue weighted by molar-refractivity contribution is 0.127. The van der Waals surface area contributed by atoms with Gasteiger partial charge in [0.2, 0.25) is 15.0 Å².